The highest BCUT2D eigenvalue weighted by Crippen LogP contribution is 1.90. The average Bonchev–Trinajstić information content (AvgIpc) is 1.85. The molecule has 0 aliphatic rings. The molecule has 3 heteroatoms. The molecule has 0 aliphatic carbocycles. The fraction of sp³-hybridized carbons (Fsp3) is 0.667. The molecule has 0 saturated heterocycles. The second-order valence-corrected chi connectivity index (χ2v) is 3.57. The molecular weight excluding hydrogens is 152 g/mol. The smallest absolute Gasteiger partial charge is 0.0618 e. The Morgan fingerprint density at radius 2 is 2.33 bits per heavy atom. The fourth-order valence-electron chi connectivity index (χ4n) is 0.316. The van der Waals surface area contributed by atoms with E-state index in [9.17, 15) is 0 Å². The normalized spacial score (nSPS) is 14.4. The van der Waals surface area contributed by atoms with Crippen molar-refractivity contribution in [3.63, 3.8) is 0 Å². The predicted octanol–water partition coefficient (Wildman–Crippen LogP) is 1.94. The first kappa shape index (κ1) is 9.27. The van der Waals surface area contributed by atoms with Crippen molar-refractivity contribution in [3.8, 4) is 0 Å². The second kappa shape index (κ2) is 6.39. The van der Waals surface area contributed by atoms with Gasteiger partial charge in [-0.25, -0.2) is 0 Å². The van der Waals surface area contributed by atoms with Crippen molar-refractivity contribution in [1.29, 1.82) is 0 Å². The zero-order valence-corrected chi connectivity index (χ0v) is 7.43. The summed E-state index contributed by atoms with van der Waals surface area (Å²) < 4.78 is 5.19. The van der Waals surface area contributed by atoms with E-state index in [4.69, 9.17) is 15.4 Å². The molecule has 0 saturated carbocycles. The Labute approximate surface area is 63.9 Å². The fourth-order valence-corrected chi connectivity index (χ4v) is 1.49. The van der Waals surface area contributed by atoms with Gasteiger partial charge < -0.3 is 4.18 Å². The summed E-state index contributed by atoms with van der Waals surface area (Å²) >= 11 is 4.92. The van der Waals surface area contributed by atoms with Gasteiger partial charge in [0, 0.05) is 9.74 Å². The molecule has 0 N–H and O–H groups in total. The number of allylic oxidation sites excluding steroid dienone is 1. The van der Waals surface area contributed by atoms with Crippen LogP contribution in [0.5, 0.6) is 0 Å². The van der Waals surface area contributed by atoms with E-state index < -0.39 is 0 Å². The Balaban J connectivity index is 3.27. The summed E-state index contributed by atoms with van der Waals surface area (Å²) in [5.74, 6) is 0. The number of hydrogen-bond acceptors (Lipinski definition) is 2. The van der Waals surface area contributed by atoms with Crippen LogP contribution >= 0.6 is 0 Å². The molecular formula is C6H12OS2. The van der Waals surface area contributed by atoms with Crippen molar-refractivity contribution >= 4 is 20.9 Å². The topological polar surface area (TPSA) is 9.23 Å². The zero-order chi connectivity index (χ0) is 7.11. The van der Waals surface area contributed by atoms with Gasteiger partial charge in [0.25, 0.3) is 0 Å². The molecule has 0 amide bonds. The highest BCUT2D eigenvalue weighted by atomic mass is 32.8. The van der Waals surface area contributed by atoms with Crippen LogP contribution in [0.2, 0.25) is 0 Å². The van der Waals surface area contributed by atoms with Gasteiger partial charge in [-0.3, -0.25) is 0 Å². The lowest BCUT2D eigenvalue weighted by Gasteiger charge is -1.96. The maximum atomic E-state index is 5.19. The van der Waals surface area contributed by atoms with Gasteiger partial charge >= 0.3 is 0 Å². The van der Waals surface area contributed by atoms with Crippen molar-refractivity contribution in [2.24, 2.45) is 0 Å². The summed E-state index contributed by atoms with van der Waals surface area (Å²) in [6.45, 7) is 4.79. The first-order chi connectivity index (χ1) is 4.31. The zero-order valence-electron chi connectivity index (χ0n) is 5.79. The van der Waals surface area contributed by atoms with E-state index in [1.54, 1.807) is 0 Å². The van der Waals surface area contributed by atoms with Crippen molar-refractivity contribution < 1.29 is 4.18 Å². The minimum atomic E-state index is -0.367. The van der Waals surface area contributed by atoms with Gasteiger partial charge in [0.15, 0.2) is 0 Å². The van der Waals surface area contributed by atoms with E-state index in [0.717, 1.165) is 13.0 Å². The van der Waals surface area contributed by atoms with Crippen molar-refractivity contribution in [2.75, 3.05) is 6.61 Å². The third-order valence-corrected chi connectivity index (χ3v) is 2.17. The summed E-state index contributed by atoms with van der Waals surface area (Å²) in [6.07, 6.45) is 2.96. The molecule has 0 aromatic rings. The third-order valence-electron chi connectivity index (χ3n) is 0.651. The molecule has 0 fully saturated rings. The largest absolute Gasteiger partial charge is 0.308 e. The van der Waals surface area contributed by atoms with Gasteiger partial charge in [-0.1, -0.05) is 13.0 Å². The van der Waals surface area contributed by atoms with Crippen molar-refractivity contribution in [3.05, 3.63) is 11.5 Å². The molecule has 0 aliphatic heterocycles. The summed E-state index contributed by atoms with van der Waals surface area (Å²) in [4.78, 5) is 0. The van der Waals surface area contributed by atoms with Crippen LogP contribution in [0.3, 0.4) is 0 Å². The van der Waals surface area contributed by atoms with Crippen LogP contribution in [0.25, 0.3) is 0 Å². The van der Waals surface area contributed by atoms with Gasteiger partial charge in [-0.2, -0.15) is 0 Å². The third kappa shape index (κ3) is 6.15. The van der Waals surface area contributed by atoms with Crippen LogP contribution < -0.4 is 0 Å². The lowest BCUT2D eigenvalue weighted by atomic mass is 10.5. The molecule has 0 radical (unpaired) electrons. The van der Waals surface area contributed by atoms with Crippen LogP contribution in [0.1, 0.15) is 20.3 Å². The standard InChI is InChI=1S/C6H12OS2/c1-3-5-7-9(8)6-4-2/h4,6H,3,5H2,1-2H3. The quantitative estimate of drug-likeness (QED) is 0.628. The van der Waals surface area contributed by atoms with Crippen LogP contribution in [0.4, 0.5) is 0 Å². The lowest BCUT2D eigenvalue weighted by Crippen LogP contribution is -1.92. The highest BCUT2D eigenvalue weighted by Gasteiger charge is 1.84. The van der Waals surface area contributed by atoms with Gasteiger partial charge in [0.1, 0.15) is 0 Å². The van der Waals surface area contributed by atoms with E-state index in [-0.39, 0.29) is 9.74 Å². The summed E-state index contributed by atoms with van der Waals surface area (Å²) in [5.41, 5.74) is 0. The van der Waals surface area contributed by atoms with Gasteiger partial charge in [-0.15, -0.1) is 0 Å². The molecule has 1 atom stereocenters. The van der Waals surface area contributed by atoms with Crippen molar-refractivity contribution in [1.82, 2.24) is 0 Å². The van der Waals surface area contributed by atoms with Gasteiger partial charge in [0.05, 0.1) is 6.61 Å². The minimum absolute atomic E-state index is 0.367. The molecule has 0 heterocycles. The molecule has 9 heavy (non-hydrogen) atoms. The Morgan fingerprint density at radius 3 is 2.78 bits per heavy atom. The highest BCUT2D eigenvalue weighted by molar-refractivity contribution is 8.27. The Morgan fingerprint density at radius 1 is 1.67 bits per heavy atom. The maximum absolute atomic E-state index is 5.19. The summed E-state index contributed by atoms with van der Waals surface area (Å²) in [7, 11) is -0.367. The molecule has 0 rings (SSSR count). The maximum Gasteiger partial charge on any atom is 0.0618 e. The van der Waals surface area contributed by atoms with E-state index in [0.29, 0.717) is 0 Å². The first-order valence-corrected chi connectivity index (χ1v) is 5.11. The Bertz CT molecular complexity index is 110. The molecule has 0 aromatic carbocycles. The molecule has 0 spiro atoms. The Hall–Kier alpha value is 0.270. The summed E-state index contributed by atoms with van der Waals surface area (Å²) in [6, 6.07) is 0. The average molecular weight is 164 g/mol. The van der Waals surface area contributed by atoms with E-state index in [1.807, 2.05) is 18.4 Å². The van der Waals surface area contributed by atoms with Gasteiger partial charge in [0.2, 0.25) is 0 Å². The van der Waals surface area contributed by atoms with Crippen LogP contribution in [0, 0.1) is 0 Å². The minimum Gasteiger partial charge on any atom is -0.308 e. The number of rotatable bonds is 4. The number of hydrogen-bond donors (Lipinski definition) is 0. The SMILES string of the molecule is CC=CS(=S)OCCC. The van der Waals surface area contributed by atoms with E-state index >= 15 is 0 Å². The van der Waals surface area contributed by atoms with Crippen molar-refractivity contribution in [2.45, 2.75) is 20.3 Å². The predicted molar refractivity (Wildman–Crippen MR) is 45.8 cm³/mol. The first-order valence-electron chi connectivity index (χ1n) is 2.98. The van der Waals surface area contributed by atoms with E-state index in [2.05, 4.69) is 6.92 Å². The van der Waals surface area contributed by atoms with Crippen LogP contribution in [-0.2, 0) is 25.1 Å². The molecule has 0 bridgehead atoms. The summed E-state index contributed by atoms with van der Waals surface area (Å²) in [5, 5.41) is 1.89. The Kier molecular flexibility index (Phi) is 6.58. The monoisotopic (exact) mass is 164 g/mol. The molecule has 54 valence electrons. The lowest BCUT2D eigenvalue weighted by molar-refractivity contribution is 0.372. The second-order valence-electron chi connectivity index (χ2n) is 1.55. The van der Waals surface area contributed by atoms with Gasteiger partial charge in [-0.05, 0) is 29.9 Å². The molecule has 1 unspecified atom stereocenters. The van der Waals surface area contributed by atoms with E-state index in [1.165, 1.54) is 0 Å². The molecule has 1 nitrogen and oxygen atoms in total. The van der Waals surface area contributed by atoms with Crippen LogP contribution in [0.15, 0.2) is 11.5 Å². The molecule has 0 aromatic heterocycles. The van der Waals surface area contributed by atoms with Crippen LogP contribution in [-0.4, -0.2) is 6.61 Å².